The molecule has 0 aliphatic carbocycles. The second kappa shape index (κ2) is 7.87. The maximum atomic E-state index is 12.2. The van der Waals surface area contributed by atoms with E-state index in [4.69, 9.17) is 0 Å². The Morgan fingerprint density at radius 1 is 0.867 bits per heavy atom. The lowest BCUT2D eigenvalue weighted by Crippen LogP contribution is -2.47. The number of anilines is 4. The van der Waals surface area contributed by atoms with Crippen LogP contribution in [0.15, 0.2) is 73.2 Å². The molecule has 1 amide bonds. The van der Waals surface area contributed by atoms with Crippen molar-refractivity contribution in [1.82, 2.24) is 9.97 Å². The Morgan fingerprint density at radius 3 is 2.33 bits per heavy atom. The molecule has 0 radical (unpaired) electrons. The first-order valence-electron chi connectivity index (χ1n) is 10.0. The quantitative estimate of drug-likeness (QED) is 0.658. The van der Waals surface area contributed by atoms with E-state index in [0.717, 1.165) is 49.1 Å². The van der Waals surface area contributed by atoms with Crippen LogP contribution < -0.4 is 20.4 Å². The van der Waals surface area contributed by atoms with Gasteiger partial charge in [0.15, 0.2) is 0 Å². The average Bonchev–Trinajstić information content (AvgIpc) is 3.13. The van der Waals surface area contributed by atoms with Crippen molar-refractivity contribution in [2.45, 2.75) is 0 Å². The Kier molecular flexibility index (Phi) is 4.77. The van der Waals surface area contributed by atoms with Crippen LogP contribution in [0.1, 0.15) is 5.56 Å². The average molecular weight is 398 g/mol. The van der Waals surface area contributed by atoms with Gasteiger partial charge >= 0.3 is 0 Å². The molecule has 7 heteroatoms. The topological polar surface area (TPSA) is 73.4 Å². The Morgan fingerprint density at radius 2 is 1.57 bits per heavy atom. The molecule has 2 N–H and O–H groups in total. The summed E-state index contributed by atoms with van der Waals surface area (Å²) >= 11 is 0. The molecule has 0 spiro atoms. The van der Waals surface area contributed by atoms with Gasteiger partial charge in [-0.25, -0.2) is 9.97 Å². The third-order valence-corrected chi connectivity index (χ3v) is 5.44. The zero-order valence-corrected chi connectivity index (χ0v) is 16.5. The van der Waals surface area contributed by atoms with Gasteiger partial charge in [0.1, 0.15) is 0 Å². The van der Waals surface area contributed by atoms with Gasteiger partial charge in [0.05, 0.1) is 5.57 Å². The van der Waals surface area contributed by atoms with Crippen LogP contribution in [0.5, 0.6) is 0 Å². The fraction of sp³-hybridized carbons (Fsp3) is 0.174. The first kappa shape index (κ1) is 18.2. The minimum atomic E-state index is -0.0828. The number of hydrogen-bond acceptors (Lipinski definition) is 6. The summed E-state index contributed by atoms with van der Waals surface area (Å²) < 4.78 is 0. The van der Waals surface area contributed by atoms with Gasteiger partial charge in [-0.15, -0.1) is 0 Å². The number of aromatic nitrogens is 2. The van der Waals surface area contributed by atoms with E-state index in [1.54, 1.807) is 18.6 Å². The largest absolute Gasteiger partial charge is 0.368 e. The summed E-state index contributed by atoms with van der Waals surface area (Å²) in [7, 11) is 0. The monoisotopic (exact) mass is 398 g/mol. The number of para-hydroxylation sites is 1. The number of piperazine rings is 1. The summed E-state index contributed by atoms with van der Waals surface area (Å²) in [5.74, 6) is 0.711. The number of nitrogens with zero attached hydrogens (tertiary/aromatic N) is 4. The number of nitrogens with one attached hydrogen (secondary N) is 2. The lowest BCUT2D eigenvalue weighted by atomic mass is 10.1. The summed E-state index contributed by atoms with van der Waals surface area (Å²) in [5, 5.41) is 6.13. The predicted molar refractivity (Wildman–Crippen MR) is 120 cm³/mol. The molecule has 1 fully saturated rings. The number of benzene rings is 2. The summed E-state index contributed by atoms with van der Waals surface area (Å²) in [5.41, 5.74) is 4.55. The SMILES string of the molecule is O=C1Nc2ccccc2/C1=C\Nc1ccc(N2CCN(c3ncccn3)CC2)cc1. The van der Waals surface area contributed by atoms with Gasteiger partial charge in [-0.05, 0) is 36.4 Å². The van der Waals surface area contributed by atoms with Crippen LogP contribution in [-0.2, 0) is 4.79 Å². The van der Waals surface area contributed by atoms with Crippen molar-refractivity contribution < 1.29 is 4.79 Å². The third kappa shape index (κ3) is 3.57. The van der Waals surface area contributed by atoms with E-state index in [0.29, 0.717) is 5.57 Å². The molecule has 2 aliphatic rings. The molecule has 0 saturated carbocycles. The molecule has 7 nitrogen and oxygen atoms in total. The normalized spacial score (nSPS) is 17.1. The fourth-order valence-corrected chi connectivity index (χ4v) is 3.83. The van der Waals surface area contributed by atoms with Crippen molar-refractivity contribution in [3.8, 4) is 0 Å². The van der Waals surface area contributed by atoms with Crippen LogP contribution in [0.25, 0.3) is 5.57 Å². The first-order chi connectivity index (χ1) is 14.8. The number of hydrogen-bond donors (Lipinski definition) is 2. The number of amides is 1. The molecule has 30 heavy (non-hydrogen) atoms. The highest BCUT2D eigenvalue weighted by atomic mass is 16.2. The molecular weight excluding hydrogens is 376 g/mol. The predicted octanol–water partition coefficient (Wildman–Crippen LogP) is 3.21. The molecule has 0 bridgehead atoms. The molecule has 2 aliphatic heterocycles. The van der Waals surface area contributed by atoms with E-state index in [1.807, 2.05) is 42.5 Å². The molecule has 0 atom stereocenters. The highest BCUT2D eigenvalue weighted by Crippen LogP contribution is 2.31. The van der Waals surface area contributed by atoms with Crippen molar-refractivity contribution in [2.24, 2.45) is 0 Å². The molecule has 1 aromatic heterocycles. The molecule has 150 valence electrons. The second-order valence-corrected chi connectivity index (χ2v) is 7.27. The van der Waals surface area contributed by atoms with Crippen molar-refractivity contribution in [3.05, 3.63) is 78.8 Å². The zero-order valence-electron chi connectivity index (χ0n) is 16.5. The summed E-state index contributed by atoms with van der Waals surface area (Å²) in [6, 6.07) is 17.8. The Balaban J connectivity index is 1.22. The van der Waals surface area contributed by atoms with Gasteiger partial charge < -0.3 is 20.4 Å². The number of carbonyl (C=O) groups is 1. The minimum Gasteiger partial charge on any atom is -0.368 e. The van der Waals surface area contributed by atoms with Crippen LogP contribution in [0.4, 0.5) is 23.0 Å². The minimum absolute atomic E-state index is 0.0828. The van der Waals surface area contributed by atoms with Gasteiger partial charge in [0, 0.05) is 67.4 Å². The number of fused-ring (bicyclic) bond motifs is 1. The van der Waals surface area contributed by atoms with Gasteiger partial charge in [-0.2, -0.15) is 0 Å². The molecule has 2 aromatic carbocycles. The molecule has 1 saturated heterocycles. The molecule has 0 unspecified atom stereocenters. The lowest BCUT2D eigenvalue weighted by molar-refractivity contribution is -0.110. The van der Waals surface area contributed by atoms with Crippen molar-refractivity contribution in [1.29, 1.82) is 0 Å². The van der Waals surface area contributed by atoms with E-state index < -0.39 is 0 Å². The maximum absolute atomic E-state index is 12.2. The third-order valence-electron chi connectivity index (χ3n) is 5.44. The first-order valence-corrected chi connectivity index (χ1v) is 10.0. The summed E-state index contributed by atoms with van der Waals surface area (Å²) in [6.45, 7) is 3.63. The van der Waals surface area contributed by atoms with Crippen LogP contribution in [-0.4, -0.2) is 42.1 Å². The summed E-state index contributed by atoms with van der Waals surface area (Å²) in [6.07, 6.45) is 5.34. The van der Waals surface area contributed by atoms with Crippen LogP contribution in [0.2, 0.25) is 0 Å². The maximum Gasteiger partial charge on any atom is 0.257 e. The second-order valence-electron chi connectivity index (χ2n) is 7.27. The van der Waals surface area contributed by atoms with Crippen molar-refractivity contribution in [3.63, 3.8) is 0 Å². The Bertz CT molecular complexity index is 1070. The lowest BCUT2D eigenvalue weighted by Gasteiger charge is -2.36. The van der Waals surface area contributed by atoms with Crippen LogP contribution in [0, 0.1) is 0 Å². The van der Waals surface area contributed by atoms with Gasteiger partial charge in [-0.1, -0.05) is 18.2 Å². The Labute approximate surface area is 175 Å². The van der Waals surface area contributed by atoms with Gasteiger partial charge in [0.25, 0.3) is 5.91 Å². The zero-order chi connectivity index (χ0) is 20.3. The van der Waals surface area contributed by atoms with E-state index in [2.05, 4.69) is 42.5 Å². The van der Waals surface area contributed by atoms with E-state index in [-0.39, 0.29) is 5.91 Å². The van der Waals surface area contributed by atoms with Gasteiger partial charge in [0.2, 0.25) is 5.95 Å². The standard InChI is InChI=1S/C23H22N6O/c30-22-20(19-4-1-2-5-21(19)27-22)16-26-17-6-8-18(9-7-17)28-12-14-29(15-13-28)23-24-10-3-11-25-23/h1-11,16,26H,12-15H2,(H,27,30)/b20-16+. The van der Waals surface area contributed by atoms with Gasteiger partial charge in [-0.3, -0.25) is 4.79 Å². The summed E-state index contributed by atoms with van der Waals surface area (Å²) in [4.78, 5) is 25.5. The molecule has 3 heterocycles. The van der Waals surface area contributed by atoms with Crippen LogP contribution in [0.3, 0.4) is 0 Å². The van der Waals surface area contributed by atoms with Crippen LogP contribution >= 0.6 is 0 Å². The smallest absolute Gasteiger partial charge is 0.257 e. The molecule has 5 rings (SSSR count). The van der Waals surface area contributed by atoms with E-state index in [9.17, 15) is 4.79 Å². The van der Waals surface area contributed by atoms with Crippen molar-refractivity contribution in [2.75, 3.05) is 46.6 Å². The van der Waals surface area contributed by atoms with E-state index >= 15 is 0 Å². The Hall–Kier alpha value is -3.87. The van der Waals surface area contributed by atoms with Crippen molar-refractivity contribution >= 4 is 34.5 Å². The molecule has 3 aromatic rings. The molecular formula is C23H22N6O. The highest BCUT2D eigenvalue weighted by molar-refractivity contribution is 6.31. The fourth-order valence-electron chi connectivity index (χ4n) is 3.83. The highest BCUT2D eigenvalue weighted by Gasteiger charge is 2.23. The number of rotatable bonds is 4. The van der Waals surface area contributed by atoms with E-state index in [1.165, 1.54) is 5.69 Å². The number of carbonyl (C=O) groups excluding carboxylic acids is 1.